The summed E-state index contributed by atoms with van der Waals surface area (Å²) in [5.74, 6) is -5.73. The maximum atomic E-state index is 14.1. The van der Waals surface area contributed by atoms with Crippen LogP contribution in [0.15, 0.2) is 42.6 Å². The molecule has 1 saturated carbocycles. The molecule has 244 valence electrons. The van der Waals surface area contributed by atoms with E-state index in [1.165, 1.54) is 18.2 Å². The van der Waals surface area contributed by atoms with Crippen molar-refractivity contribution in [3.05, 3.63) is 71.2 Å². The van der Waals surface area contributed by atoms with Crippen molar-refractivity contribution in [2.75, 3.05) is 6.61 Å². The molecule has 10 nitrogen and oxygen atoms in total. The lowest BCUT2D eigenvalue weighted by Gasteiger charge is -2.45. The van der Waals surface area contributed by atoms with Gasteiger partial charge < -0.3 is 30.1 Å². The molecular weight excluding hydrogens is 614 g/mol. The Morgan fingerprint density at radius 1 is 1.02 bits per heavy atom. The van der Waals surface area contributed by atoms with Crippen LogP contribution in [0.5, 0.6) is 0 Å². The van der Waals surface area contributed by atoms with Crippen molar-refractivity contribution in [3.8, 4) is 11.3 Å². The van der Waals surface area contributed by atoms with Crippen LogP contribution in [0.2, 0.25) is 0 Å². The molecule has 45 heavy (non-hydrogen) atoms. The van der Waals surface area contributed by atoms with Crippen LogP contribution in [0.3, 0.4) is 0 Å². The highest BCUT2D eigenvalue weighted by Crippen LogP contribution is 2.36. The Morgan fingerprint density at radius 3 is 2.33 bits per heavy atom. The predicted octanol–water partition coefficient (Wildman–Crippen LogP) is 2.74. The summed E-state index contributed by atoms with van der Waals surface area (Å²) < 4.78 is 89.2. The third-order valence-corrected chi connectivity index (χ3v) is 8.27. The molecule has 2 aliphatic rings. The largest absolute Gasteiger partial charge is 0.416 e. The highest BCUT2D eigenvalue weighted by Gasteiger charge is 2.51. The number of aliphatic hydroxyl groups is 4. The number of carbonyl (C=O) groups is 1. The van der Waals surface area contributed by atoms with Crippen LogP contribution in [0.1, 0.15) is 42.9 Å². The summed E-state index contributed by atoms with van der Waals surface area (Å²) in [7, 11) is 0. The van der Waals surface area contributed by atoms with Crippen molar-refractivity contribution in [2.45, 2.75) is 81.0 Å². The monoisotopic (exact) mass is 644 g/mol. The lowest BCUT2D eigenvalue weighted by molar-refractivity contribution is -0.214. The Balaban J connectivity index is 1.50. The zero-order valence-electron chi connectivity index (χ0n) is 23.5. The van der Waals surface area contributed by atoms with Crippen LogP contribution in [0.25, 0.3) is 11.3 Å². The number of amides is 1. The number of benzene rings is 2. The third-order valence-electron chi connectivity index (χ3n) is 8.27. The van der Waals surface area contributed by atoms with Gasteiger partial charge in [-0.25, -0.2) is 17.9 Å². The van der Waals surface area contributed by atoms with Crippen LogP contribution in [-0.2, 0) is 22.3 Å². The average molecular weight is 645 g/mol. The second-order valence-corrected chi connectivity index (χ2v) is 11.1. The molecule has 16 heteroatoms. The fraction of sp³-hybridized carbons (Fsp3) is 0.483. The van der Waals surface area contributed by atoms with Crippen LogP contribution >= 0.6 is 0 Å². The van der Waals surface area contributed by atoms with Crippen molar-refractivity contribution >= 4 is 5.91 Å². The Bertz CT molecular complexity index is 1500. The number of hydrogen-bond acceptors (Lipinski definition) is 8. The molecular formula is C29H30F6N4O6. The molecule has 0 unspecified atom stereocenters. The molecule has 1 aliphatic heterocycles. The Morgan fingerprint density at radius 2 is 1.69 bits per heavy atom. The topological polar surface area (TPSA) is 141 Å². The highest BCUT2D eigenvalue weighted by atomic mass is 19.4. The van der Waals surface area contributed by atoms with E-state index >= 15 is 0 Å². The van der Waals surface area contributed by atoms with Crippen molar-refractivity contribution in [3.63, 3.8) is 0 Å². The maximum Gasteiger partial charge on any atom is 0.416 e. The van der Waals surface area contributed by atoms with E-state index in [0.29, 0.717) is 25.0 Å². The van der Waals surface area contributed by atoms with Gasteiger partial charge >= 0.3 is 6.18 Å². The Kier molecular flexibility index (Phi) is 9.51. The number of alkyl halides is 3. The number of nitrogens with zero attached hydrogens (tertiary/aromatic N) is 4. The van der Waals surface area contributed by atoms with Crippen molar-refractivity contribution in [1.29, 1.82) is 0 Å². The second kappa shape index (κ2) is 13.0. The first-order valence-corrected chi connectivity index (χ1v) is 14.1. The quantitative estimate of drug-likeness (QED) is 0.228. The van der Waals surface area contributed by atoms with E-state index in [1.54, 1.807) is 0 Å². The Labute approximate surface area is 252 Å². The number of aromatic nitrogens is 3. The number of carbonyl (C=O) groups excluding carboxylic acids is 1. The molecule has 0 radical (unpaired) electrons. The lowest BCUT2D eigenvalue weighted by Crippen LogP contribution is -2.62. The van der Waals surface area contributed by atoms with Crippen LogP contribution in [-0.4, -0.2) is 89.4 Å². The minimum atomic E-state index is -4.75. The van der Waals surface area contributed by atoms with E-state index in [4.69, 9.17) is 4.74 Å². The number of aliphatic hydroxyl groups excluding tert-OH is 4. The first-order valence-electron chi connectivity index (χ1n) is 14.1. The van der Waals surface area contributed by atoms with Gasteiger partial charge in [0.05, 0.1) is 30.5 Å². The van der Waals surface area contributed by atoms with Gasteiger partial charge in [-0.1, -0.05) is 36.3 Å². The number of rotatable bonds is 7. The van der Waals surface area contributed by atoms with Crippen LogP contribution < -0.4 is 0 Å². The zero-order valence-corrected chi connectivity index (χ0v) is 23.5. The molecule has 2 heterocycles. The number of ether oxygens (including phenoxy) is 1. The molecule has 0 spiro atoms. The van der Waals surface area contributed by atoms with E-state index in [-0.39, 0.29) is 29.7 Å². The fourth-order valence-corrected chi connectivity index (χ4v) is 5.97. The van der Waals surface area contributed by atoms with Gasteiger partial charge in [0.1, 0.15) is 30.0 Å². The van der Waals surface area contributed by atoms with Crippen LogP contribution in [0.4, 0.5) is 26.3 Å². The fourth-order valence-electron chi connectivity index (χ4n) is 5.97. The van der Waals surface area contributed by atoms with Gasteiger partial charge in [0.25, 0.3) is 5.91 Å². The molecule has 1 saturated heterocycles. The van der Waals surface area contributed by atoms with Crippen LogP contribution in [0, 0.1) is 17.5 Å². The predicted molar refractivity (Wildman–Crippen MR) is 142 cm³/mol. The molecule has 1 aromatic heterocycles. The number of halogens is 6. The summed E-state index contributed by atoms with van der Waals surface area (Å²) in [4.78, 5) is 15.1. The summed E-state index contributed by atoms with van der Waals surface area (Å²) in [6.07, 6.45) is -10.1. The molecule has 1 amide bonds. The second-order valence-electron chi connectivity index (χ2n) is 11.1. The summed E-state index contributed by atoms with van der Waals surface area (Å²) in [6.45, 7) is -1.46. The van der Waals surface area contributed by atoms with E-state index in [9.17, 15) is 51.6 Å². The lowest BCUT2D eigenvalue weighted by atomic mass is 9.88. The summed E-state index contributed by atoms with van der Waals surface area (Å²) >= 11 is 0. The van der Waals surface area contributed by atoms with E-state index in [2.05, 4.69) is 10.3 Å². The SMILES string of the molecule is O=C([C@@H]1O[C@H](CO)[C@H](O)[C@H](n2cc(-c3cc(F)c(F)c(F)c3)nn2)[C@H]1O)N(Cc1ccccc1C(F)(F)F)[C@H]1CCCC[C@@H]1O. The number of hydrogen-bond donors (Lipinski definition) is 4. The van der Waals surface area contributed by atoms with Gasteiger partial charge in [-0.3, -0.25) is 4.79 Å². The first kappa shape index (κ1) is 32.8. The summed E-state index contributed by atoms with van der Waals surface area (Å²) in [5, 5.41) is 50.7. The molecule has 4 N–H and O–H groups in total. The summed E-state index contributed by atoms with van der Waals surface area (Å²) in [6, 6.07) is 3.42. The van der Waals surface area contributed by atoms with Gasteiger partial charge in [0, 0.05) is 12.1 Å². The molecule has 2 fully saturated rings. The minimum absolute atomic E-state index is 0.196. The van der Waals surface area contributed by atoms with Gasteiger partial charge in [-0.2, -0.15) is 13.2 Å². The third kappa shape index (κ3) is 6.56. The van der Waals surface area contributed by atoms with E-state index in [1.807, 2.05) is 0 Å². The highest BCUT2D eigenvalue weighted by molar-refractivity contribution is 5.82. The molecule has 5 rings (SSSR count). The molecule has 7 atom stereocenters. The van der Waals surface area contributed by atoms with Gasteiger partial charge in [-0.05, 0) is 36.6 Å². The van der Waals surface area contributed by atoms with Crippen molar-refractivity contribution in [1.82, 2.24) is 19.9 Å². The molecule has 1 aliphatic carbocycles. The minimum Gasteiger partial charge on any atom is -0.394 e. The van der Waals surface area contributed by atoms with Gasteiger partial charge in [0.15, 0.2) is 23.6 Å². The van der Waals surface area contributed by atoms with Gasteiger partial charge in [-0.15, -0.1) is 5.10 Å². The van der Waals surface area contributed by atoms with Crippen molar-refractivity contribution < 1.29 is 56.3 Å². The maximum absolute atomic E-state index is 14.1. The normalized spacial score (nSPS) is 27.4. The molecule has 3 aromatic rings. The van der Waals surface area contributed by atoms with E-state index < -0.39 is 90.9 Å². The first-order chi connectivity index (χ1) is 21.3. The zero-order chi connectivity index (χ0) is 32.6. The smallest absolute Gasteiger partial charge is 0.394 e. The Hall–Kier alpha value is -3.57. The van der Waals surface area contributed by atoms with Crippen molar-refractivity contribution in [2.24, 2.45) is 0 Å². The van der Waals surface area contributed by atoms with Gasteiger partial charge in [0.2, 0.25) is 0 Å². The molecule has 2 aromatic carbocycles. The molecule has 0 bridgehead atoms. The average Bonchev–Trinajstić information content (AvgIpc) is 3.48. The standard InChI is InChI=1S/C29H30F6N4O6/c30-17-9-15(10-18(31)23(17)32)19-12-39(37-36-19)24-25(42)22(13-40)45-27(26(24)43)28(44)38(20-7-3-4-8-21(20)41)11-14-5-1-2-6-16(14)29(33,34)35/h1-2,5-6,9-10,12,20-22,24-27,40-43H,3-4,7-8,11,13H2/t20-,21-,22+,24-,25-,26+,27+/m0/s1. The van der Waals surface area contributed by atoms with E-state index in [0.717, 1.165) is 21.8 Å². The summed E-state index contributed by atoms with van der Waals surface area (Å²) in [5.41, 5.74) is -1.70.